The van der Waals surface area contributed by atoms with E-state index < -0.39 is 0 Å². The van der Waals surface area contributed by atoms with Gasteiger partial charge in [0.25, 0.3) is 0 Å². The number of aromatic nitrogens is 3. The van der Waals surface area contributed by atoms with Crippen LogP contribution in [0, 0.1) is 0 Å². The normalized spacial score (nSPS) is 17.7. The Labute approximate surface area is 246 Å². The second-order valence-corrected chi connectivity index (χ2v) is 11.1. The first-order valence-electron chi connectivity index (χ1n) is 14.7. The Hall–Kier alpha value is -4.28. The lowest BCUT2D eigenvalue weighted by molar-refractivity contribution is -0.139. The van der Waals surface area contributed by atoms with Gasteiger partial charge in [-0.3, -0.25) is 14.7 Å². The molecule has 0 radical (unpaired) electrons. The van der Waals surface area contributed by atoms with Crippen molar-refractivity contribution in [3.63, 3.8) is 0 Å². The van der Waals surface area contributed by atoms with Crippen LogP contribution < -0.4 is 11.5 Å². The predicted molar refractivity (Wildman–Crippen MR) is 165 cm³/mol. The smallest absolute Gasteiger partial charge is 0.239 e. The molecule has 1 atom stereocenters. The largest absolute Gasteiger partial charge is 0.398 e. The number of rotatable bonds is 7. The predicted octanol–water partition coefficient (Wildman–Crippen LogP) is 3.61. The lowest BCUT2D eigenvalue weighted by Gasteiger charge is -2.37. The fraction of sp³-hybridized carbons (Fsp3) is 0.375. The zero-order valence-electron chi connectivity index (χ0n) is 24.0. The standard InChI is InChI=1S/C32H38N8O2/c1-22(38-13-15-42-16-14-38)32(41)39-11-9-24(10-12-39)29-18-27(30-31(34)36-21-37-40(29)30)25-7-8-26(28(33)17-25)20-35-19-23-5-3-2-4-6-23/h2-8,17-18,20-22,24H,9-16,19,33H2,1H3,(H2,34,36,37). The maximum Gasteiger partial charge on any atom is 0.239 e. The monoisotopic (exact) mass is 566 g/mol. The number of benzene rings is 2. The van der Waals surface area contributed by atoms with E-state index in [9.17, 15) is 4.79 Å². The number of nitrogens with two attached hydrogens (primary N) is 2. The Balaban J connectivity index is 1.20. The van der Waals surface area contributed by atoms with Crippen molar-refractivity contribution in [1.29, 1.82) is 0 Å². The zero-order valence-corrected chi connectivity index (χ0v) is 24.0. The number of nitrogens with zero attached hydrogens (tertiary/aromatic N) is 6. The molecular weight excluding hydrogens is 528 g/mol. The van der Waals surface area contributed by atoms with Gasteiger partial charge in [0, 0.05) is 60.8 Å². The van der Waals surface area contributed by atoms with E-state index in [4.69, 9.17) is 16.2 Å². The molecule has 1 amide bonds. The van der Waals surface area contributed by atoms with E-state index in [1.54, 1.807) is 0 Å². The summed E-state index contributed by atoms with van der Waals surface area (Å²) in [5, 5.41) is 4.59. The van der Waals surface area contributed by atoms with E-state index in [-0.39, 0.29) is 17.9 Å². The summed E-state index contributed by atoms with van der Waals surface area (Å²) in [6, 6.07) is 18.2. The minimum Gasteiger partial charge on any atom is -0.398 e. The third-order valence-electron chi connectivity index (χ3n) is 8.53. The van der Waals surface area contributed by atoms with Gasteiger partial charge in [-0.05, 0) is 43.0 Å². The lowest BCUT2D eigenvalue weighted by atomic mass is 9.92. The molecule has 2 fully saturated rings. The van der Waals surface area contributed by atoms with Crippen molar-refractivity contribution in [2.75, 3.05) is 50.9 Å². The molecule has 0 spiro atoms. The number of piperidine rings is 1. The lowest BCUT2D eigenvalue weighted by Crippen LogP contribution is -2.52. The highest BCUT2D eigenvalue weighted by Crippen LogP contribution is 2.37. The van der Waals surface area contributed by atoms with Gasteiger partial charge in [0.1, 0.15) is 11.8 Å². The molecule has 2 saturated heterocycles. The van der Waals surface area contributed by atoms with Gasteiger partial charge in [-0.15, -0.1) is 0 Å². The fourth-order valence-electron chi connectivity index (χ4n) is 6.08. The molecule has 10 nitrogen and oxygen atoms in total. The quantitative estimate of drug-likeness (QED) is 0.258. The minimum absolute atomic E-state index is 0.129. The summed E-state index contributed by atoms with van der Waals surface area (Å²) in [4.78, 5) is 26.4. The van der Waals surface area contributed by atoms with Crippen LogP contribution >= 0.6 is 0 Å². The summed E-state index contributed by atoms with van der Waals surface area (Å²) in [7, 11) is 0. The highest BCUT2D eigenvalue weighted by atomic mass is 16.5. The van der Waals surface area contributed by atoms with Crippen molar-refractivity contribution in [2.24, 2.45) is 4.99 Å². The molecular formula is C32H38N8O2. The minimum atomic E-state index is -0.129. The Kier molecular flexibility index (Phi) is 8.16. The van der Waals surface area contributed by atoms with E-state index in [1.165, 1.54) is 6.33 Å². The number of hydrogen-bond donors (Lipinski definition) is 2. The summed E-state index contributed by atoms with van der Waals surface area (Å²) >= 11 is 0. The topological polar surface area (TPSA) is 127 Å². The molecule has 0 bridgehead atoms. The van der Waals surface area contributed by atoms with Crippen LogP contribution in [0.3, 0.4) is 0 Å². The number of amides is 1. The molecule has 6 rings (SSSR count). The molecule has 4 aromatic rings. The van der Waals surface area contributed by atoms with Gasteiger partial charge in [-0.1, -0.05) is 42.5 Å². The Morgan fingerprint density at radius 1 is 1.07 bits per heavy atom. The van der Waals surface area contributed by atoms with E-state index in [0.29, 0.717) is 44.4 Å². The van der Waals surface area contributed by atoms with Crippen LogP contribution in [-0.2, 0) is 16.1 Å². The van der Waals surface area contributed by atoms with Crippen LogP contribution in [0.1, 0.15) is 42.5 Å². The SMILES string of the molecule is CC(C(=O)N1CCC(c2cc(-c3ccc(C=NCc4ccccc4)c(N)c3)c3c(N)ncnn23)CC1)N1CCOCC1. The van der Waals surface area contributed by atoms with E-state index in [1.807, 2.05) is 59.0 Å². The Morgan fingerprint density at radius 2 is 1.83 bits per heavy atom. The van der Waals surface area contributed by atoms with Gasteiger partial charge < -0.3 is 21.1 Å². The van der Waals surface area contributed by atoms with Crippen LogP contribution in [0.2, 0.25) is 0 Å². The number of aliphatic imine (C=N–C) groups is 1. The second kappa shape index (κ2) is 12.3. The van der Waals surface area contributed by atoms with Crippen LogP contribution in [0.4, 0.5) is 11.5 Å². The first-order valence-corrected chi connectivity index (χ1v) is 14.7. The summed E-state index contributed by atoms with van der Waals surface area (Å²) in [5.74, 6) is 0.862. The zero-order chi connectivity index (χ0) is 29.1. The molecule has 2 aromatic carbocycles. The summed E-state index contributed by atoms with van der Waals surface area (Å²) in [6.45, 7) is 7.01. The van der Waals surface area contributed by atoms with Crippen molar-refractivity contribution in [3.8, 4) is 11.1 Å². The molecule has 0 saturated carbocycles. The first kappa shape index (κ1) is 27.9. The molecule has 2 aromatic heterocycles. The number of fused-ring (bicyclic) bond motifs is 1. The molecule has 42 heavy (non-hydrogen) atoms. The van der Waals surface area contributed by atoms with Gasteiger partial charge in [-0.2, -0.15) is 5.10 Å². The van der Waals surface area contributed by atoms with Gasteiger partial charge in [-0.25, -0.2) is 9.50 Å². The van der Waals surface area contributed by atoms with Crippen LogP contribution in [0.25, 0.3) is 16.6 Å². The van der Waals surface area contributed by atoms with Gasteiger partial charge in [0.15, 0.2) is 5.82 Å². The highest BCUT2D eigenvalue weighted by molar-refractivity contribution is 5.93. The van der Waals surface area contributed by atoms with Crippen molar-refractivity contribution in [3.05, 3.63) is 77.7 Å². The van der Waals surface area contributed by atoms with Crippen molar-refractivity contribution in [2.45, 2.75) is 38.3 Å². The number of nitrogen functional groups attached to an aromatic ring is 2. The summed E-state index contributed by atoms with van der Waals surface area (Å²) in [6.07, 6.45) is 5.03. The van der Waals surface area contributed by atoms with Crippen molar-refractivity contribution in [1.82, 2.24) is 24.4 Å². The number of likely N-dealkylation sites (tertiary alicyclic amines) is 1. The third kappa shape index (κ3) is 5.73. The van der Waals surface area contributed by atoms with Crippen molar-refractivity contribution >= 4 is 29.1 Å². The Morgan fingerprint density at radius 3 is 2.57 bits per heavy atom. The maximum atomic E-state index is 13.3. The number of ether oxygens (including phenoxy) is 1. The number of carbonyl (C=O) groups excluding carboxylic acids is 1. The molecule has 4 N–H and O–H groups in total. The molecule has 1 unspecified atom stereocenters. The average Bonchev–Trinajstić information content (AvgIpc) is 3.43. The number of morpholine rings is 1. The van der Waals surface area contributed by atoms with E-state index >= 15 is 0 Å². The van der Waals surface area contributed by atoms with Gasteiger partial charge in [0.05, 0.1) is 25.8 Å². The number of anilines is 2. The summed E-state index contributed by atoms with van der Waals surface area (Å²) < 4.78 is 7.38. The average molecular weight is 567 g/mol. The van der Waals surface area contributed by atoms with Crippen LogP contribution in [0.15, 0.2) is 65.9 Å². The molecule has 10 heteroatoms. The van der Waals surface area contributed by atoms with Gasteiger partial charge in [0.2, 0.25) is 5.91 Å². The fourth-order valence-corrected chi connectivity index (χ4v) is 6.08. The summed E-state index contributed by atoms with van der Waals surface area (Å²) in [5.41, 5.74) is 19.3. The second-order valence-electron chi connectivity index (χ2n) is 11.1. The maximum absolute atomic E-state index is 13.3. The van der Waals surface area contributed by atoms with E-state index in [0.717, 1.165) is 59.4 Å². The van der Waals surface area contributed by atoms with Crippen molar-refractivity contribution < 1.29 is 9.53 Å². The highest BCUT2D eigenvalue weighted by Gasteiger charge is 2.32. The number of carbonyl (C=O) groups is 1. The Bertz CT molecular complexity index is 1570. The first-order chi connectivity index (χ1) is 20.5. The van der Waals surface area contributed by atoms with Crippen LogP contribution in [-0.4, -0.2) is 82.0 Å². The van der Waals surface area contributed by atoms with Gasteiger partial charge >= 0.3 is 0 Å². The van der Waals surface area contributed by atoms with E-state index in [2.05, 4.69) is 38.2 Å². The molecule has 4 heterocycles. The molecule has 2 aliphatic heterocycles. The molecule has 218 valence electrons. The molecule has 0 aliphatic carbocycles. The molecule has 2 aliphatic rings. The number of hydrogen-bond acceptors (Lipinski definition) is 8. The third-order valence-corrected chi connectivity index (χ3v) is 8.53. The van der Waals surface area contributed by atoms with Crippen LogP contribution in [0.5, 0.6) is 0 Å².